The van der Waals surface area contributed by atoms with E-state index in [0.29, 0.717) is 37.4 Å². The van der Waals surface area contributed by atoms with Crippen LogP contribution in [0, 0.1) is 0 Å². The predicted molar refractivity (Wildman–Crippen MR) is 158 cm³/mol. The highest BCUT2D eigenvalue weighted by Gasteiger charge is 2.43. The molecule has 0 N–H and O–H groups in total. The van der Waals surface area contributed by atoms with Crippen LogP contribution in [0.3, 0.4) is 0 Å². The van der Waals surface area contributed by atoms with Gasteiger partial charge in [-0.15, -0.1) is 0 Å². The summed E-state index contributed by atoms with van der Waals surface area (Å²) in [5.41, 5.74) is 0.651. The lowest BCUT2D eigenvalue weighted by Gasteiger charge is -2.37. The standard InChI is InChI=1S/C30H45N3O8Si/c1-30(2,3)41-29(37)31-17-22(38-4)15-23(18-31)40-21-8-9-24-20(14-21)16-32(27(24)35)25-10-11-26(34)33(28(25)36)19-39-12-13-42(5,6)7/h8-9,14,22-23,25H,10-13,15-19H2,1-7H3/t22-,23-,25?/m1/s1. The monoisotopic (exact) mass is 603 g/mol. The van der Waals surface area contributed by atoms with E-state index in [1.807, 2.05) is 26.8 Å². The van der Waals surface area contributed by atoms with E-state index in [1.54, 1.807) is 29.0 Å². The quantitative estimate of drug-likeness (QED) is 0.237. The minimum Gasteiger partial charge on any atom is -0.488 e. The van der Waals surface area contributed by atoms with Crippen LogP contribution in [0.15, 0.2) is 18.2 Å². The van der Waals surface area contributed by atoms with Gasteiger partial charge >= 0.3 is 6.09 Å². The van der Waals surface area contributed by atoms with Crippen molar-refractivity contribution in [1.82, 2.24) is 14.7 Å². The molecule has 0 radical (unpaired) electrons. The molecule has 12 heteroatoms. The summed E-state index contributed by atoms with van der Waals surface area (Å²) in [6, 6.07) is 5.47. The number of methoxy groups -OCH3 is 1. The van der Waals surface area contributed by atoms with Gasteiger partial charge in [-0.3, -0.25) is 19.3 Å². The number of amides is 4. The average Bonchev–Trinajstić information content (AvgIpc) is 3.21. The topological polar surface area (TPSA) is 115 Å². The van der Waals surface area contributed by atoms with Crippen molar-refractivity contribution < 1.29 is 38.1 Å². The fourth-order valence-electron chi connectivity index (χ4n) is 5.36. The predicted octanol–water partition coefficient (Wildman–Crippen LogP) is 3.88. The normalized spacial score (nSPS) is 23.4. The second-order valence-electron chi connectivity index (χ2n) is 13.5. The summed E-state index contributed by atoms with van der Waals surface area (Å²) < 4.78 is 23.1. The molecule has 2 fully saturated rings. The first-order valence-corrected chi connectivity index (χ1v) is 18.4. The van der Waals surface area contributed by atoms with Crippen molar-refractivity contribution in [3.05, 3.63) is 29.3 Å². The lowest BCUT2D eigenvalue weighted by Crippen LogP contribution is -2.55. The zero-order valence-corrected chi connectivity index (χ0v) is 26.9. The van der Waals surface area contributed by atoms with Gasteiger partial charge in [-0.2, -0.15) is 0 Å². The first-order valence-electron chi connectivity index (χ1n) is 14.7. The Kier molecular flexibility index (Phi) is 9.68. The van der Waals surface area contributed by atoms with Gasteiger partial charge in [0.2, 0.25) is 5.91 Å². The molecule has 4 rings (SSSR count). The number of piperidine rings is 2. The number of imide groups is 1. The summed E-state index contributed by atoms with van der Waals surface area (Å²) in [5, 5.41) is 0. The fourth-order valence-corrected chi connectivity index (χ4v) is 6.11. The van der Waals surface area contributed by atoms with E-state index in [0.717, 1.165) is 16.5 Å². The molecule has 1 aromatic rings. The van der Waals surface area contributed by atoms with Gasteiger partial charge in [-0.05, 0) is 57.0 Å². The third-order valence-electron chi connectivity index (χ3n) is 7.65. The molecule has 4 amide bonds. The zero-order valence-electron chi connectivity index (χ0n) is 25.9. The van der Waals surface area contributed by atoms with E-state index in [1.165, 1.54) is 0 Å². The highest BCUT2D eigenvalue weighted by Crippen LogP contribution is 2.32. The Morgan fingerprint density at radius 1 is 1.07 bits per heavy atom. The Morgan fingerprint density at radius 2 is 1.79 bits per heavy atom. The summed E-state index contributed by atoms with van der Waals surface area (Å²) in [7, 11) is 0.302. The van der Waals surface area contributed by atoms with E-state index < -0.39 is 31.7 Å². The van der Waals surface area contributed by atoms with Gasteiger partial charge in [-0.25, -0.2) is 4.79 Å². The number of nitrogens with zero attached hydrogens (tertiary/aromatic N) is 3. The molecular formula is C30H45N3O8Si. The van der Waals surface area contributed by atoms with Crippen LogP contribution in [-0.2, 0) is 30.3 Å². The Balaban J connectivity index is 1.40. The molecule has 3 aliphatic heterocycles. The van der Waals surface area contributed by atoms with E-state index in [2.05, 4.69) is 19.6 Å². The number of hydrogen-bond donors (Lipinski definition) is 0. The number of carbonyl (C=O) groups is 4. The van der Waals surface area contributed by atoms with Crippen LogP contribution >= 0.6 is 0 Å². The third-order valence-corrected chi connectivity index (χ3v) is 9.35. The molecular weight excluding hydrogens is 558 g/mol. The highest BCUT2D eigenvalue weighted by molar-refractivity contribution is 6.76. The van der Waals surface area contributed by atoms with Crippen LogP contribution in [0.25, 0.3) is 0 Å². The maximum absolute atomic E-state index is 13.3. The molecule has 0 saturated carbocycles. The van der Waals surface area contributed by atoms with Crippen molar-refractivity contribution >= 4 is 31.9 Å². The van der Waals surface area contributed by atoms with Gasteiger partial charge in [0.05, 0.1) is 19.2 Å². The van der Waals surface area contributed by atoms with E-state index >= 15 is 0 Å². The lowest BCUT2D eigenvalue weighted by molar-refractivity contribution is -0.158. The second-order valence-corrected chi connectivity index (χ2v) is 19.2. The zero-order chi connectivity index (χ0) is 30.8. The minimum absolute atomic E-state index is 0.0875. The highest BCUT2D eigenvalue weighted by atomic mass is 28.3. The fraction of sp³-hybridized carbons (Fsp3) is 0.667. The molecule has 3 aliphatic rings. The number of likely N-dealkylation sites (tertiary alicyclic amines) is 2. The molecule has 3 atom stereocenters. The average molecular weight is 604 g/mol. The van der Waals surface area contributed by atoms with Crippen molar-refractivity contribution in [2.45, 2.75) is 96.1 Å². The Bertz CT molecular complexity index is 1190. The number of fused-ring (bicyclic) bond motifs is 1. The van der Waals surface area contributed by atoms with Crippen LogP contribution in [0.1, 0.15) is 56.0 Å². The number of carbonyl (C=O) groups excluding carboxylic acids is 4. The van der Waals surface area contributed by atoms with Crippen LogP contribution in [0.2, 0.25) is 25.7 Å². The molecule has 232 valence electrons. The number of benzene rings is 1. The summed E-state index contributed by atoms with van der Waals surface area (Å²) in [6.07, 6.45) is 0.108. The van der Waals surface area contributed by atoms with E-state index in [9.17, 15) is 19.2 Å². The van der Waals surface area contributed by atoms with Crippen molar-refractivity contribution in [2.24, 2.45) is 0 Å². The van der Waals surface area contributed by atoms with Crippen molar-refractivity contribution in [3.8, 4) is 5.75 Å². The van der Waals surface area contributed by atoms with Crippen molar-refractivity contribution in [1.29, 1.82) is 0 Å². The third kappa shape index (κ3) is 7.90. The summed E-state index contributed by atoms with van der Waals surface area (Å²) in [6.45, 7) is 13.6. The second kappa shape index (κ2) is 12.7. The molecule has 42 heavy (non-hydrogen) atoms. The molecule has 3 heterocycles. The van der Waals surface area contributed by atoms with E-state index in [-0.39, 0.29) is 50.1 Å². The number of ether oxygens (including phenoxy) is 4. The largest absolute Gasteiger partial charge is 0.488 e. The Morgan fingerprint density at radius 3 is 2.45 bits per heavy atom. The molecule has 0 spiro atoms. The van der Waals surface area contributed by atoms with Gasteiger partial charge in [0.25, 0.3) is 11.8 Å². The summed E-state index contributed by atoms with van der Waals surface area (Å²) >= 11 is 0. The van der Waals surface area contributed by atoms with Crippen LogP contribution in [-0.4, -0.2) is 104 Å². The first kappa shape index (κ1) is 32.0. The lowest BCUT2D eigenvalue weighted by atomic mass is 10.0. The van der Waals surface area contributed by atoms with Gasteiger partial charge < -0.3 is 28.7 Å². The van der Waals surface area contributed by atoms with Gasteiger partial charge in [0.1, 0.15) is 30.2 Å². The molecule has 11 nitrogen and oxygen atoms in total. The molecule has 1 unspecified atom stereocenters. The van der Waals surface area contributed by atoms with E-state index in [4.69, 9.17) is 18.9 Å². The SMILES string of the molecule is CO[C@@H]1C[C@@H](Oc2ccc3c(c2)CN(C2CCC(=O)N(COCC[Si](C)(C)C)C2=O)C3=O)CN(C(=O)OC(C)(C)C)C1. The molecule has 1 aromatic carbocycles. The Labute approximate surface area is 249 Å². The molecule has 0 bridgehead atoms. The van der Waals surface area contributed by atoms with Gasteiger partial charge in [-0.1, -0.05) is 19.6 Å². The van der Waals surface area contributed by atoms with Gasteiger partial charge in [0.15, 0.2) is 0 Å². The van der Waals surface area contributed by atoms with Crippen molar-refractivity contribution in [2.75, 3.05) is 33.5 Å². The summed E-state index contributed by atoms with van der Waals surface area (Å²) in [5.74, 6) is -0.341. The number of hydrogen-bond acceptors (Lipinski definition) is 8. The first-order chi connectivity index (χ1) is 19.6. The van der Waals surface area contributed by atoms with Crippen LogP contribution in [0.4, 0.5) is 4.79 Å². The van der Waals surface area contributed by atoms with Crippen LogP contribution < -0.4 is 4.74 Å². The Hall–Kier alpha value is -2.96. The minimum atomic E-state index is -1.31. The smallest absolute Gasteiger partial charge is 0.410 e. The number of rotatable bonds is 9. The van der Waals surface area contributed by atoms with Crippen LogP contribution in [0.5, 0.6) is 5.75 Å². The maximum Gasteiger partial charge on any atom is 0.410 e. The molecule has 0 aromatic heterocycles. The maximum atomic E-state index is 13.3. The molecule has 0 aliphatic carbocycles. The molecule has 2 saturated heterocycles. The summed E-state index contributed by atoms with van der Waals surface area (Å²) in [4.78, 5) is 56.2. The van der Waals surface area contributed by atoms with Crippen molar-refractivity contribution in [3.63, 3.8) is 0 Å². The van der Waals surface area contributed by atoms with Gasteiger partial charge in [0, 0.05) is 46.7 Å².